The van der Waals surface area contributed by atoms with Crippen molar-refractivity contribution in [3.8, 4) is 11.5 Å². The van der Waals surface area contributed by atoms with Crippen molar-refractivity contribution in [3.63, 3.8) is 0 Å². The first-order valence-electron chi connectivity index (χ1n) is 9.14. The van der Waals surface area contributed by atoms with Crippen molar-refractivity contribution in [3.05, 3.63) is 23.8 Å². The predicted octanol–water partition coefficient (Wildman–Crippen LogP) is 0.829. The molecule has 0 aromatic heterocycles. The fourth-order valence-corrected chi connectivity index (χ4v) is 3.65. The van der Waals surface area contributed by atoms with Gasteiger partial charge in [0.15, 0.2) is 11.5 Å². The van der Waals surface area contributed by atoms with Gasteiger partial charge in [-0.3, -0.25) is 14.5 Å². The number of carbonyl (C=O) groups is 3. The fourth-order valence-electron chi connectivity index (χ4n) is 3.65. The Kier molecular flexibility index (Phi) is 6.03. The van der Waals surface area contributed by atoms with E-state index >= 15 is 0 Å². The third-order valence-corrected chi connectivity index (χ3v) is 5.06. The highest BCUT2D eigenvalue weighted by Gasteiger charge is 2.47. The predicted molar refractivity (Wildman–Crippen MR) is 99.5 cm³/mol. The van der Waals surface area contributed by atoms with Crippen LogP contribution in [0.15, 0.2) is 18.2 Å². The molecule has 3 rings (SSSR count). The summed E-state index contributed by atoms with van der Waals surface area (Å²) in [5.41, 5.74) is 0.364. The summed E-state index contributed by atoms with van der Waals surface area (Å²) >= 11 is 0. The molecule has 1 aromatic rings. The molecule has 1 aromatic carbocycles. The molecule has 0 saturated carbocycles. The lowest BCUT2D eigenvalue weighted by Gasteiger charge is -2.24. The van der Waals surface area contributed by atoms with Crippen LogP contribution in [0.3, 0.4) is 0 Å². The minimum absolute atomic E-state index is 0.146. The molecule has 0 aliphatic carbocycles. The smallest absolute Gasteiger partial charge is 0.327 e. The van der Waals surface area contributed by atoms with Crippen LogP contribution in [0.2, 0.25) is 0 Å². The second-order valence-electron chi connectivity index (χ2n) is 6.62. The summed E-state index contributed by atoms with van der Waals surface area (Å²) in [4.78, 5) is 42.9. The molecule has 2 saturated heterocycles. The van der Waals surface area contributed by atoms with E-state index in [4.69, 9.17) is 14.2 Å². The van der Waals surface area contributed by atoms with E-state index in [2.05, 4.69) is 0 Å². The number of amides is 4. The van der Waals surface area contributed by atoms with E-state index in [1.54, 1.807) is 28.0 Å². The van der Waals surface area contributed by atoms with E-state index in [1.165, 1.54) is 26.2 Å². The fraction of sp³-hybridized carbons (Fsp3) is 0.526. The molecule has 1 unspecified atom stereocenters. The first-order chi connectivity index (χ1) is 13.5. The van der Waals surface area contributed by atoms with E-state index in [1.807, 2.05) is 0 Å². The van der Waals surface area contributed by atoms with Crippen molar-refractivity contribution >= 4 is 17.8 Å². The second kappa shape index (κ2) is 8.47. The standard InChI is InChI=1S/C19H25N3O6/c1-26-11-10-22-18(24)14-12-20(8-5-9-21(14)19(22)25)17(23)13-6-4-7-15(27-2)16(13)28-3/h4,6-7,14H,5,8-12H2,1-3H3. The van der Waals surface area contributed by atoms with Gasteiger partial charge in [0.2, 0.25) is 0 Å². The number of imide groups is 1. The monoisotopic (exact) mass is 391 g/mol. The van der Waals surface area contributed by atoms with Crippen LogP contribution in [-0.2, 0) is 9.53 Å². The average molecular weight is 391 g/mol. The lowest BCUT2D eigenvalue weighted by molar-refractivity contribution is -0.128. The molecule has 1 atom stereocenters. The minimum atomic E-state index is -0.674. The summed E-state index contributed by atoms with van der Waals surface area (Å²) in [6.45, 7) is 1.51. The summed E-state index contributed by atoms with van der Waals surface area (Å²) in [6.07, 6.45) is 0.589. The molecule has 2 aliphatic heterocycles. The Bertz CT molecular complexity index is 768. The molecule has 4 amide bonds. The largest absolute Gasteiger partial charge is 0.493 e. The zero-order valence-electron chi connectivity index (χ0n) is 16.3. The lowest BCUT2D eigenvalue weighted by Crippen LogP contribution is -2.43. The van der Waals surface area contributed by atoms with Crippen molar-refractivity contribution in [1.29, 1.82) is 0 Å². The molecule has 152 valence electrons. The number of ether oxygens (including phenoxy) is 3. The van der Waals surface area contributed by atoms with Crippen LogP contribution in [-0.4, -0.2) is 92.7 Å². The van der Waals surface area contributed by atoms with Gasteiger partial charge in [-0.05, 0) is 18.6 Å². The van der Waals surface area contributed by atoms with Gasteiger partial charge in [-0.15, -0.1) is 0 Å². The Balaban J connectivity index is 1.83. The van der Waals surface area contributed by atoms with Gasteiger partial charge in [0.05, 0.1) is 39.5 Å². The number of hydrogen-bond acceptors (Lipinski definition) is 6. The van der Waals surface area contributed by atoms with Crippen molar-refractivity contribution in [2.45, 2.75) is 12.5 Å². The third kappa shape index (κ3) is 3.49. The van der Waals surface area contributed by atoms with Gasteiger partial charge in [-0.25, -0.2) is 4.79 Å². The van der Waals surface area contributed by atoms with Crippen LogP contribution >= 0.6 is 0 Å². The normalized spacial score (nSPS) is 19.5. The van der Waals surface area contributed by atoms with E-state index in [0.717, 1.165) is 0 Å². The average Bonchev–Trinajstić information content (AvgIpc) is 2.87. The summed E-state index contributed by atoms with van der Waals surface area (Å²) in [5.74, 6) is 0.266. The number of benzene rings is 1. The highest BCUT2D eigenvalue weighted by molar-refractivity contribution is 6.05. The highest BCUT2D eigenvalue weighted by atomic mass is 16.5. The van der Waals surface area contributed by atoms with Crippen LogP contribution in [0.1, 0.15) is 16.8 Å². The summed E-state index contributed by atoms with van der Waals surface area (Å²) in [5, 5.41) is 0. The summed E-state index contributed by atoms with van der Waals surface area (Å²) in [7, 11) is 4.50. The molecule has 0 radical (unpaired) electrons. The first-order valence-corrected chi connectivity index (χ1v) is 9.14. The number of hydrogen-bond donors (Lipinski definition) is 0. The number of carbonyl (C=O) groups excluding carboxylic acids is 3. The third-order valence-electron chi connectivity index (χ3n) is 5.06. The number of urea groups is 1. The molecule has 28 heavy (non-hydrogen) atoms. The maximum absolute atomic E-state index is 13.2. The molecular weight excluding hydrogens is 366 g/mol. The van der Waals surface area contributed by atoms with Gasteiger partial charge in [0.25, 0.3) is 11.8 Å². The summed E-state index contributed by atoms with van der Waals surface area (Å²) in [6, 6.07) is 4.11. The Morgan fingerprint density at radius 1 is 1.14 bits per heavy atom. The number of rotatable bonds is 6. The van der Waals surface area contributed by atoms with Crippen LogP contribution in [0.5, 0.6) is 11.5 Å². The molecule has 2 fully saturated rings. The van der Waals surface area contributed by atoms with Crippen molar-refractivity contribution in [2.75, 3.05) is 54.1 Å². The van der Waals surface area contributed by atoms with E-state index in [0.29, 0.717) is 36.6 Å². The molecule has 0 N–H and O–H groups in total. The molecule has 2 aliphatic rings. The molecular formula is C19H25N3O6. The van der Waals surface area contributed by atoms with Crippen LogP contribution in [0.4, 0.5) is 4.79 Å². The SMILES string of the molecule is COCCN1C(=O)C2CN(C(=O)c3cccc(OC)c3OC)CCCN2C1=O. The van der Waals surface area contributed by atoms with Gasteiger partial charge >= 0.3 is 6.03 Å². The number of methoxy groups -OCH3 is 3. The van der Waals surface area contributed by atoms with Gasteiger partial charge in [-0.1, -0.05) is 6.07 Å². The van der Waals surface area contributed by atoms with E-state index < -0.39 is 6.04 Å². The zero-order valence-corrected chi connectivity index (χ0v) is 16.3. The second-order valence-corrected chi connectivity index (χ2v) is 6.62. The summed E-state index contributed by atoms with van der Waals surface area (Å²) < 4.78 is 15.6. The van der Waals surface area contributed by atoms with Crippen LogP contribution in [0.25, 0.3) is 0 Å². The highest BCUT2D eigenvalue weighted by Crippen LogP contribution is 2.32. The number of fused-ring (bicyclic) bond motifs is 1. The maximum atomic E-state index is 13.2. The van der Waals surface area contributed by atoms with Gasteiger partial charge in [0.1, 0.15) is 6.04 Å². The van der Waals surface area contributed by atoms with E-state index in [9.17, 15) is 14.4 Å². The Hall–Kier alpha value is -2.81. The first kappa shape index (κ1) is 19.9. The molecule has 0 spiro atoms. The lowest BCUT2D eigenvalue weighted by atomic mass is 10.1. The zero-order chi connectivity index (χ0) is 20.3. The van der Waals surface area contributed by atoms with Crippen molar-refractivity contribution < 1.29 is 28.6 Å². The quantitative estimate of drug-likeness (QED) is 0.668. The molecule has 0 bridgehead atoms. The van der Waals surface area contributed by atoms with Crippen molar-refractivity contribution in [2.24, 2.45) is 0 Å². The van der Waals surface area contributed by atoms with Gasteiger partial charge in [0, 0.05) is 20.2 Å². The number of nitrogens with zero attached hydrogens (tertiary/aromatic N) is 3. The molecule has 9 nitrogen and oxygen atoms in total. The van der Waals surface area contributed by atoms with Gasteiger partial charge < -0.3 is 24.0 Å². The van der Waals surface area contributed by atoms with Crippen LogP contribution in [0, 0.1) is 0 Å². The van der Waals surface area contributed by atoms with Crippen LogP contribution < -0.4 is 9.47 Å². The van der Waals surface area contributed by atoms with E-state index in [-0.39, 0.29) is 37.5 Å². The minimum Gasteiger partial charge on any atom is -0.493 e. The molecule has 2 heterocycles. The van der Waals surface area contributed by atoms with Crippen molar-refractivity contribution in [1.82, 2.24) is 14.7 Å². The maximum Gasteiger partial charge on any atom is 0.327 e. The topological polar surface area (TPSA) is 88.6 Å². The molecule has 9 heteroatoms. The van der Waals surface area contributed by atoms with Gasteiger partial charge in [-0.2, -0.15) is 0 Å². The Morgan fingerprint density at radius 3 is 2.61 bits per heavy atom. The Labute approximate surface area is 163 Å². The number of para-hydroxylation sites is 1. The Morgan fingerprint density at radius 2 is 1.93 bits per heavy atom.